The molecule has 2 aromatic heterocycles. The number of nitrogens with one attached hydrogen (secondary N) is 1. The van der Waals surface area contributed by atoms with Gasteiger partial charge in [-0.3, -0.25) is 4.79 Å². The van der Waals surface area contributed by atoms with Crippen LogP contribution in [0.1, 0.15) is 27.5 Å². The van der Waals surface area contributed by atoms with E-state index >= 15 is 0 Å². The van der Waals surface area contributed by atoms with Crippen LogP contribution in [0.4, 0.5) is 9.80 Å². The van der Waals surface area contributed by atoms with Gasteiger partial charge in [-0.1, -0.05) is 0 Å². The van der Waals surface area contributed by atoms with Gasteiger partial charge in [-0.2, -0.15) is 5.26 Å². The van der Waals surface area contributed by atoms with Crippen molar-refractivity contribution in [3.05, 3.63) is 45.7 Å². The predicted molar refractivity (Wildman–Crippen MR) is 92.3 cm³/mol. The molecule has 1 aliphatic heterocycles. The van der Waals surface area contributed by atoms with Gasteiger partial charge in [0.05, 0.1) is 12.1 Å². The number of nitrogens with zero attached hydrogens (tertiary/aromatic N) is 2. The number of aryl methyl sites for hydroxylation is 1. The van der Waals surface area contributed by atoms with Crippen molar-refractivity contribution < 1.29 is 19.1 Å². The van der Waals surface area contributed by atoms with Gasteiger partial charge >= 0.3 is 6.09 Å². The summed E-state index contributed by atoms with van der Waals surface area (Å²) in [5.41, 5.74) is 1.24. The summed E-state index contributed by atoms with van der Waals surface area (Å²) in [4.78, 5) is 25.3. The molecule has 7 nitrogen and oxygen atoms in total. The molecule has 3 rings (SSSR count). The number of nitriles is 1. The third-order valence-corrected chi connectivity index (χ3v) is 4.97. The molecule has 8 heteroatoms. The number of amides is 2. The van der Waals surface area contributed by atoms with Crippen molar-refractivity contribution in [2.75, 3.05) is 11.9 Å². The third-order valence-electron chi connectivity index (χ3n) is 3.84. The van der Waals surface area contributed by atoms with Crippen LogP contribution < -0.4 is 5.32 Å². The lowest BCUT2D eigenvalue weighted by Gasteiger charge is -2.23. The predicted octanol–water partition coefficient (Wildman–Crippen LogP) is 3.21. The summed E-state index contributed by atoms with van der Waals surface area (Å²) in [6, 6.07) is 5.67. The molecule has 2 aromatic rings. The number of carbonyl (C=O) groups is 2. The maximum Gasteiger partial charge on any atom is 0.407 e. The number of rotatable bonds is 3. The van der Waals surface area contributed by atoms with Gasteiger partial charge in [0.2, 0.25) is 5.91 Å². The first-order chi connectivity index (χ1) is 12.0. The molecule has 3 heterocycles. The van der Waals surface area contributed by atoms with E-state index in [-0.39, 0.29) is 12.5 Å². The highest BCUT2D eigenvalue weighted by Crippen LogP contribution is 2.36. The quantitative estimate of drug-likeness (QED) is 0.820. The first-order valence-corrected chi connectivity index (χ1v) is 8.37. The average Bonchev–Trinajstić information content (AvgIpc) is 3.14. The molecule has 0 fully saturated rings. The summed E-state index contributed by atoms with van der Waals surface area (Å²) in [5, 5.41) is 21.7. The summed E-state index contributed by atoms with van der Waals surface area (Å²) < 4.78 is 5.35. The summed E-state index contributed by atoms with van der Waals surface area (Å²) in [6.07, 6.45) is 2.37. The molecule has 2 amide bonds. The molecule has 0 radical (unpaired) electrons. The number of carbonyl (C=O) groups excluding carboxylic acids is 1. The lowest BCUT2D eigenvalue weighted by atomic mass is 10.0. The van der Waals surface area contributed by atoms with Gasteiger partial charge in [-0.15, -0.1) is 11.3 Å². The molecule has 0 saturated carbocycles. The molecule has 1 aliphatic rings. The second-order valence-electron chi connectivity index (χ2n) is 5.54. The lowest BCUT2D eigenvalue weighted by molar-refractivity contribution is -0.111. The molecular weight excluding hydrogens is 342 g/mol. The Kier molecular flexibility index (Phi) is 4.59. The minimum absolute atomic E-state index is 0.237. The number of anilines is 1. The van der Waals surface area contributed by atoms with Crippen LogP contribution in [0.2, 0.25) is 0 Å². The highest BCUT2D eigenvalue weighted by Gasteiger charge is 2.27. The Morgan fingerprint density at radius 2 is 2.28 bits per heavy atom. The van der Waals surface area contributed by atoms with Gasteiger partial charge in [-0.05, 0) is 37.1 Å². The summed E-state index contributed by atoms with van der Waals surface area (Å²) >= 11 is 1.25. The van der Waals surface area contributed by atoms with E-state index in [1.165, 1.54) is 22.3 Å². The van der Waals surface area contributed by atoms with Crippen LogP contribution in [0.25, 0.3) is 6.08 Å². The summed E-state index contributed by atoms with van der Waals surface area (Å²) in [6.45, 7) is 2.40. The Morgan fingerprint density at radius 3 is 2.92 bits per heavy atom. The van der Waals surface area contributed by atoms with Crippen molar-refractivity contribution >= 4 is 34.4 Å². The van der Waals surface area contributed by atoms with Gasteiger partial charge in [0.25, 0.3) is 0 Å². The fourth-order valence-electron chi connectivity index (χ4n) is 2.63. The molecule has 25 heavy (non-hydrogen) atoms. The van der Waals surface area contributed by atoms with Crippen molar-refractivity contribution in [3.8, 4) is 6.07 Å². The van der Waals surface area contributed by atoms with Gasteiger partial charge in [0.1, 0.15) is 22.6 Å². The highest BCUT2D eigenvalue weighted by molar-refractivity contribution is 7.16. The van der Waals surface area contributed by atoms with E-state index in [2.05, 4.69) is 11.4 Å². The molecule has 0 aromatic carbocycles. The monoisotopic (exact) mass is 357 g/mol. The molecule has 0 bridgehead atoms. The van der Waals surface area contributed by atoms with Crippen LogP contribution in [-0.2, 0) is 17.8 Å². The number of thiophene rings is 1. The largest absolute Gasteiger partial charge is 0.465 e. The summed E-state index contributed by atoms with van der Waals surface area (Å²) in [7, 11) is 0. The van der Waals surface area contributed by atoms with Gasteiger partial charge in [-0.25, -0.2) is 4.79 Å². The van der Waals surface area contributed by atoms with Crippen LogP contribution in [0, 0.1) is 18.3 Å². The minimum atomic E-state index is -0.986. The SMILES string of the molecule is Cc1ccc(C=CC(=O)Nc2sc3c(c2C#N)CCN(C(=O)O)C3)o1. The van der Waals surface area contributed by atoms with E-state index < -0.39 is 6.09 Å². The zero-order valence-electron chi connectivity index (χ0n) is 13.4. The molecule has 0 spiro atoms. The van der Waals surface area contributed by atoms with Crippen LogP contribution in [0.15, 0.2) is 22.6 Å². The number of carboxylic acid groups (broad SMARTS) is 1. The number of fused-ring (bicyclic) bond motifs is 1. The van der Waals surface area contributed by atoms with Gasteiger partial charge in [0, 0.05) is 17.5 Å². The van der Waals surface area contributed by atoms with E-state index in [1.807, 2.05) is 6.92 Å². The zero-order chi connectivity index (χ0) is 18.0. The second-order valence-corrected chi connectivity index (χ2v) is 6.65. The average molecular weight is 357 g/mol. The lowest BCUT2D eigenvalue weighted by Crippen LogP contribution is -2.34. The van der Waals surface area contributed by atoms with Crippen LogP contribution in [0.5, 0.6) is 0 Å². The van der Waals surface area contributed by atoms with Gasteiger partial charge < -0.3 is 19.7 Å². The molecule has 0 aliphatic carbocycles. The minimum Gasteiger partial charge on any atom is -0.465 e. The topological polar surface area (TPSA) is 107 Å². The van der Waals surface area contributed by atoms with E-state index in [4.69, 9.17) is 9.52 Å². The Hall–Kier alpha value is -3.05. The molecular formula is C17H15N3O4S. The van der Waals surface area contributed by atoms with Crippen LogP contribution in [0.3, 0.4) is 0 Å². The normalized spacial score (nSPS) is 13.5. The maximum atomic E-state index is 12.1. The smallest absolute Gasteiger partial charge is 0.407 e. The van der Waals surface area contributed by atoms with Crippen LogP contribution in [-0.4, -0.2) is 28.6 Å². The standard InChI is InChI=1S/C17H15N3O4S/c1-10-2-3-11(24-10)4-5-15(21)19-16-13(8-18)12-6-7-20(17(22)23)9-14(12)25-16/h2-5H,6-7,9H2,1H3,(H,19,21)(H,22,23). The van der Waals surface area contributed by atoms with Crippen molar-refractivity contribution in [1.29, 1.82) is 5.26 Å². The van der Waals surface area contributed by atoms with Gasteiger partial charge in [0.15, 0.2) is 0 Å². The Bertz CT molecular complexity index is 904. The van der Waals surface area contributed by atoms with E-state index in [1.54, 1.807) is 18.2 Å². The van der Waals surface area contributed by atoms with Crippen molar-refractivity contribution in [2.45, 2.75) is 19.9 Å². The fourth-order valence-corrected chi connectivity index (χ4v) is 3.84. The number of hydrogen-bond donors (Lipinski definition) is 2. The third kappa shape index (κ3) is 3.56. The molecule has 2 N–H and O–H groups in total. The zero-order valence-corrected chi connectivity index (χ0v) is 14.2. The molecule has 0 unspecified atom stereocenters. The molecule has 0 atom stereocenters. The first-order valence-electron chi connectivity index (χ1n) is 7.56. The number of furan rings is 1. The first kappa shape index (κ1) is 16.8. The second kappa shape index (κ2) is 6.83. The fraction of sp³-hybridized carbons (Fsp3) is 0.235. The van der Waals surface area contributed by atoms with E-state index in [0.29, 0.717) is 29.3 Å². The van der Waals surface area contributed by atoms with Crippen molar-refractivity contribution in [2.24, 2.45) is 0 Å². The maximum absolute atomic E-state index is 12.1. The molecule has 128 valence electrons. The molecule has 0 saturated heterocycles. The summed E-state index contributed by atoms with van der Waals surface area (Å²) in [5.74, 6) is 0.940. The Morgan fingerprint density at radius 1 is 1.48 bits per heavy atom. The van der Waals surface area contributed by atoms with Crippen molar-refractivity contribution in [3.63, 3.8) is 0 Å². The highest BCUT2D eigenvalue weighted by atomic mass is 32.1. The Balaban J connectivity index is 1.77. The van der Waals surface area contributed by atoms with E-state index in [0.717, 1.165) is 16.2 Å². The van der Waals surface area contributed by atoms with Crippen molar-refractivity contribution in [1.82, 2.24) is 4.90 Å². The van der Waals surface area contributed by atoms with E-state index in [9.17, 15) is 14.9 Å². The Labute approximate surface area is 147 Å². The number of hydrogen-bond acceptors (Lipinski definition) is 5. The van der Waals surface area contributed by atoms with Crippen LogP contribution >= 0.6 is 11.3 Å².